The Morgan fingerprint density at radius 3 is 1.95 bits per heavy atom. The van der Waals surface area contributed by atoms with Crippen molar-refractivity contribution in [2.75, 3.05) is 0 Å². The van der Waals surface area contributed by atoms with Gasteiger partial charge in [-0.2, -0.15) is 0 Å². The Morgan fingerprint density at radius 1 is 0.483 bits per heavy atom. The maximum atomic E-state index is 9.44. The van der Waals surface area contributed by atoms with Gasteiger partial charge in [0.05, 0.1) is 0 Å². The summed E-state index contributed by atoms with van der Waals surface area (Å²) in [6, 6.07) is 63.9. The number of hydrogen-bond acceptors (Lipinski definition) is 3. The summed E-state index contributed by atoms with van der Waals surface area (Å²) in [7, 11) is 0. The van der Waals surface area contributed by atoms with Crippen LogP contribution in [-0.4, -0.2) is 17.9 Å². The predicted octanol–water partition coefficient (Wildman–Crippen LogP) is 14.0. The SMILES string of the molecule is N=C(N=C(N=Cc1cccc2c1oc1ccccc12)c1cc2ccccc2c2ccccc12)c1ccc(-c2c(-c3ccccc3)ccc3oc4ccccc4c23)cc1. The van der Waals surface area contributed by atoms with Gasteiger partial charge in [0.2, 0.25) is 0 Å². The van der Waals surface area contributed by atoms with Gasteiger partial charge < -0.3 is 8.83 Å². The Labute approximate surface area is 333 Å². The van der Waals surface area contributed by atoms with Crippen LogP contribution in [0.4, 0.5) is 0 Å². The van der Waals surface area contributed by atoms with E-state index in [2.05, 4.69) is 115 Å². The maximum absolute atomic E-state index is 9.44. The van der Waals surface area contributed by atoms with E-state index >= 15 is 0 Å². The van der Waals surface area contributed by atoms with Crippen LogP contribution >= 0.6 is 0 Å². The minimum absolute atomic E-state index is 0.105. The van der Waals surface area contributed by atoms with Gasteiger partial charge in [0.1, 0.15) is 22.3 Å². The molecule has 0 aliphatic heterocycles. The highest BCUT2D eigenvalue weighted by Crippen LogP contribution is 2.43. The van der Waals surface area contributed by atoms with Crippen molar-refractivity contribution in [3.63, 3.8) is 0 Å². The average Bonchev–Trinajstić information content (AvgIpc) is 3.87. The fourth-order valence-corrected chi connectivity index (χ4v) is 8.34. The Bertz CT molecular complexity index is 3460. The van der Waals surface area contributed by atoms with E-state index in [0.717, 1.165) is 98.8 Å². The molecule has 0 saturated heterocycles. The number of rotatable bonds is 5. The number of para-hydroxylation sites is 3. The first kappa shape index (κ1) is 33.4. The van der Waals surface area contributed by atoms with E-state index in [-0.39, 0.29) is 5.84 Å². The zero-order valence-corrected chi connectivity index (χ0v) is 31.2. The number of hydrogen-bond donors (Lipinski definition) is 1. The molecule has 11 rings (SSSR count). The zero-order chi connectivity index (χ0) is 38.6. The van der Waals surface area contributed by atoms with Gasteiger partial charge in [0.25, 0.3) is 0 Å². The second kappa shape index (κ2) is 13.7. The standard InChI is InChI=1S/C53H33N3O2/c54-52(35-27-25-34(26-28-35)49-39(33-13-2-1-3-14-33)29-30-48-50(49)44-21-9-11-24-47(44)57-48)56-53(45-31-36-15-4-5-17-38(36)40-18-6-7-19-41(40)45)55-32-37-16-12-22-43-42-20-8-10-23-46(42)58-51(37)43/h1-32,54H. The van der Waals surface area contributed by atoms with Crippen molar-refractivity contribution in [2.45, 2.75) is 0 Å². The highest BCUT2D eigenvalue weighted by Gasteiger charge is 2.19. The van der Waals surface area contributed by atoms with Crippen LogP contribution in [0.3, 0.4) is 0 Å². The molecule has 0 bridgehead atoms. The second-order valence-corrected chi connectivity index (χ2v) is 14.5. The summed E-state index contributed by atoms with van der Waals surface area (Å²) in [5, 5.41) is 18.0. The summed E-state index contributed by atoms with van der Waals surface area (Å²) >= 11 is 0. The molecule has 0 unspecified atom stereocenters. The number of aliphatic imine (C=N–C) groups is 2. The van der Waals surface area contributed by atoms with Crippen molar-refractivity contribution in [1.82, 2.24) is 0 Å². The van der Waals surface area contributed by atoms with E-state index in [1.807, 2.05) is 79.0 Å². The molecule has 5 heteroatoms. The first-order chi connectivity index (χ1) is 28.7. The smallest absolute Gasteiger partial charge is 0.162 e. The molecular formula is C53H33N3O2. The van der Waals surface area contributed by atoms with Crippen LogP contribution in [0.1, 0.15) is 16.7 Å². The van der Waals surface area contributed by atoms with E-state index in [1.54, 1.807) is 0 Å². The van der Waals surface area contributed by atoms with E-state index in [1.165, 1.54) is 0 Å². The molecule has 0 amide bonds. The molecule has 0 atom stereocenters. The van der Waals surface area contributed by atoms with Crippen molar-refractivity contribution in [3.05, 3.63) is 205 Å². The van der Waals surface area contributed by atoms with E-state index < -0.39 is 0 Å². The van der Waals surface area contributed by atoms with Crippen molar-refractivity contribution in [1.29, 1.82) is 5.41 Å². The molecule has 0 radical (unpaired) electrons. The Balaban J connectivity index is 1.06. The van der Waals surface area contributed by atoms with Gasteiger partial charge in [-0.05, 0) is 68.6 Å². The third-order valence-electron chi connectivity index (χ3n) is 11.1. The Hall–Kier alpha value is -7.89. The number of nitrogens with zero attached hydrogens (tertiary/aromatic N) is 2. The first-order valence-electron chi connectivity index (χ1n) is 19.3. The molecule has 9 aromatic carbocycles. The number of benzene rings is 9. The molecule has 272 valence electrons. The van der Waals surface area contributed by atoms with Gasteiger partial charge in [0.15, 0.2) is 11.7 Å². The monoisotopic (exact) mass is 743 g/mol. The van der Waals surface area contributed by atoms with Crippen molar-refractivity contribution < 1.29 is 8.83 Å². The number of fused-ring (bicyclic) bond motifs is 9. The Morgan fingerprint density at radius 2 is 1.14 bits per heavy atom. The second-order valence-electron chi connectivity index (χ2n) is 14.5. The molecule has 58 heavy (non-hydrogen) atoms. The number of nitrogens with one attached hydrogen (secondary N) is 1. The fourth-order valence-electron chi connectivity index (χ4n) is 8.34. The topological polar surface area (TPSA) is 74.8 Å². The molecule has 5 nitrogen and oxygen atoms in total. The van der Waals surface area contributed by atoms with Crippen molar-refractivity contribution in [3.8, 4) is 22.3 Å². The molecule has 0 fully saturated rings. The van der Waals surface area contributed by atoms with Crippen LogP contribution in [0.25, 0.3) is 87.7 Å². The van der Waals surface area contributed by atoms with Crippen LogP contribution in [0.5, 0.6) is 0 Å². The molecule has 0 saturated carbocycles. The largest absolute Gasteiger partial charge is 0.456 e. The molecule has 2 aromatic heterocycles. The van der Waals surface area contributed by atoms with Crippen LogP contribution in [0, 0.1) is 5.41 Å². The third kappa shape index (κ3) is 5.60. The predicted molar refractivity (Wildman–Crippen MR) is 241 cm³/mol. The molecule has 1 N–H and O–H groups in total. The summed E-state index contributed by atoms with van der Waals surface area (Å²) in [6.45, 7) is 0. The van der Waals surface area contributed by atoms with E-state index in [4.69, 9.17) is 18.8 Å². The zero-order valence-electron chi connectivity index (χ0n) is 31.2. The highest BCUT2D eigenvalue weighted by molar-refractivity contribution is 6.23. The summed E-state index contributed by atoms with van der Waals surface area (Å²) in [5.74, 6) is 0.540. The van der Waals surface area contributed by atoms with Gasteiger partial charge in [-0.3, -0.25) is 5.41 Å². The maximum Gasteiger partial charge on any atom is 0.162 e. The lowest BCUT2D eigenvalue weighted by atomic mass is 9.90. The van der Waals surface area contributed by atoms with E-state index in [9.17, 15) is 5.41 Å². The molecular weight excluding hydrogens is 711 g/mol. The Kier molecular flexibility index (Phi) is 7.90. The number of amidine groups is 2. The van der Waals surface area contributed by atoms with Crippen molar-refractivity contribution in [2.24, 2.45) is 9.98 Å². The van der Waals surface area contributed by atoms with Crippen LogP contribution in [0.15, 0.2) is 207 Å². The molecule has 0 aliphatic carbocycles. The van der Waals surface area contributed by atoms with Gasteiger partial charge in [0, 0.05) is 50.0 Å². The van der Waals surface area contributed by atoms with Gasteiger partial charge in [-0.25, -0.2) is 9.98 Å². The normalized spacial score (nSPS) is 12.2. The van der Waals surface area contributed by atoms with Gasteiger partial charge >= 0.3 is 0 Å². The lowest BCUT2D eigenvalue weighted by molar-refractivity contribution is 0.668. The lowest BCUT2D eigenvalue weighted by Gasteiger charge is -2.13. The van der Waals surface area contributed by atoms with Crippen LogP contribution in [-0.2, 0) is 0 Å². The minimum atomic E-state index is 0.105. The summed E-state index contributed by atoms with van der Waals surface area (Å²) in [5.41, 5.74) is 9.95. The summed E-state index contributed by atoms with van der Waals surface area (Å²) in [4.78, 5) is 10.1. The molecule has 0 spiro atoms. The van der Waals surface area contributed by atoms with E-state index in [0.29, 0.717) is 11.4 Å². The minimum Gasteiger partial charge on any atom is -0.456 e. The average molecular weight is 744 g/mol. The molecule has 0 aliphatic rings. The van der Waals surface area contributed by atoms with Crippen LogP contribution in [0.2, 0.25) is 0 Å². The van der Waals surface area contributed by atoms with Crippen LogP contribution < -0.4 is 0 Å². The number of furan rings is 2. The quantitative estimate of drug-likeness (QED) is 0.108. The molecule has 2 heterocycles. The first-order valence-corrected chi connectivity index (χ1v) is 19.3. The lowest BCUT2D eigenvalue weighted by Crippen LogP contribution is -2.06. The van der Waals surface area contributed by atoms with Crippen molar-refractivity contribution >= 4 is 83.3 Å². The highest BCUT2D eigenvalue weighted by atomic mass is 16.3. The third-order valence-corrected chi connectivity index (χ3v) is 11.1. The summed E-state index contributed by atoms with van der Waals surface area (Å²) < 4.78 is 12.7. The fraction of sp³-hybridized carbons (Fsp3) is 0. The van der Waals surface area contributed by atoms with Gasteiger partial charge in [-0.15, -0.1) is 0 Å². The summed E-state index contributed by atoms with van der Waals surface area (Å²) in [6.07, 6.45) is 1.81. The molecule has 11 aromatic rings. The van der Waals surface area contributed by atoms with Gasteiger partial charge in [-0.1, -0.05) is 158 Å².